The van der Waals surface area contributed by atoms with E-state index in [0.29, 0.717) is 42.0 Å². The molecule has 1 saturated carbocycles. The topological polar surface area (TPSA) is 35.5 Å². The van der Waals surface area contributed by atoms with Gasteiger partial charge in [-0.15, -0.1) is 0 Å². The first-order chi connectivity index (χ1) is 12.0. The van der Waals surface area contributed by atoms with Crippen molar-refractivity contribution in [2.24, 2.45) is 35.5 Å². The number of allylic oxidation sites excluding steroid dienone is 1. The summed E-state index contributed by atoms with van der Waals surface area (Å²) >= 11 is 0. The number of rotatable bonds is 4. The number of hydrogen-bond donors (Lipinski definition) is 0. The van der Waals surface area contributed by atoms with E-state index in [1.54, 1.807) is 0 Å². The number of ether oxygens (including phenoxy) is 1. The van der Waals surface area contributed by atoms with Crippen LogP contribution in [0.5, 0.6) is 0 Å². The van der Waals surface area contributed by atoms with Crippen LogP contribution in [-0.2, 0) is 14.0 Å². The fourth-order valence-electron chi connectivity index (χ4n) is 5.34. The molecule has 7 atom stereocenters. The van der Waals surface area contributed by atoms with Crippen molar-refractivity contribution in [3.8, 4) is 0 Å². The van der Waals surface area contributed by atoms with Crippen LogP contribution in [0, 0.1) is 35.5 Å². The van der Waals surface area contributed by atoms with E-state index in [-0.39, 0.29) is 23.2 Å². The van der Waals surface area contributed by atoms with Crippen LogP contribution in [0.4, 0.5) is 0 Å². The van der Waals surface area contributed by atoms with Gasteiger partial charge in [-0.3, -0.25) is 4.79 Å². The third-order valence-electron chi connectivity index (χ3n) is 8.27. The van der Waals surface area contributed by atoms with Gasteiger partial charge in [-0.2, -0.15) is 0 Å². The molecule has 3 nitrogen and oxygen atoms in total. The fraction of sp³-hybridized carbons (Fsp3) is 0.864. The molecule has 1 saturated heterocycles. The Balaban J connectivity index is 1.91. The van der Waals surface area contributed by atoms with Gasteiger partial charge in [0, 0.05) is 17.8 Å². The molecule has 1 aliphatic heterocycles. The molecule has 26 heavy (non-hydrogen) atoms. The lowest BCUT2D eigenvalue weighted by Crippen LogP contribution is -2.60. The van der Waals surface area contributed by atoms with Crippen molar-refractivity contribution < 1.29 is 14.0 Å². The Hall–Kier alpha value is -0.453. The van der Waals surface area contributed by atoms with Crippen molar-refractivity contribution in [3.63, 3.8) is 0 Å². The smallest absolute Gasteiger partial charge is 0.192 e. The van der Waals surface area contributed by atoms with Gasteiger partial charge in [0.2, 0.25) is 0 Å². The van der Waals surface area contributed by atoms with E-state index in [4.69, 9.17) is 9.16 Å². The predicted molar refractivity (Wildman–Crippen MR) is 109 cm³/mol. The molecule has 3 aliphatic rings. The maximum Gasteiger partial charge on any atom is 0.192 e. The van der Waals surface area contributed by atoms with E-state index in [0.717, 1.165) is 6.42 Å². The quantitative estimate of drug-likeness (QED) is 0.506. The van der Waals surface area contributed by atoms with Crippen LogP contribution in [0.1, 0.15) is 48.0 Å². The summed E-state index contributed by atoms with van der Waals surface area (Å²) in [6.45, 7) is 18.9. The first-order valence-corrected chi connectivity index (χ1v) is 13.4. The van der Waals surface area contributed by atoms with Gasteiger partial charge in [-0.1, -0.05) is 53.7 Å². The molecule has 1 heterocycles. The van der Waals surface area contributed by atoms with Crippen LogP contribution < -0.4 is 0 Å². The minimum atomic E-state index is -1.93. The highest BCUT2D eigenvalue weighted by molar-refractivity contribution is 6.74. The zero-order valence-corrected chi connectivity index (χ0v) is 18.9. The van der Waals surface area contributed by atoms with Gasteiger partial charge in [0.05, 0.1) is 12.2 Å². The maximum absolute atomic E-state index is 12.6. The monoisotopic (exact) mass is 378 g/mol. The van der Waals surface area contributed by atoms with Gasteiger partial charge in [0.1, 0.15) is 6.61 Å². The van der Waals surface area contributed by atoms with E-state index in [1.165, 1.54) is 0 Å². The molecule has 3 rings (SSSR count). The second kappa shape index (κ2) is 6.86. The van der Waals surface area contributed by atoms with Crippen LogP contribution in [0.3, 0.4) is 0 Å². The Bertz CT molecular complexity index is 580. The molecule has 0 amide bonds. The summed E-state index contributed by atoms with van der Waals surface area (Å²) in [5, 5.41) is 0.202. The number of hydrogen-bond acceptors (Lipinski definition) is 3. The molecular weight excluding hydrogens is 340 g/mol. The summed E-state index contributed by atoms with van der Waals surface area (Å²) in [6, 6.07) is 0. The summed E-state index contributed by atoms with van der Waals surface area (Å²) < 4.78 is 13.0. The van der Waals surface area contributed by atoms with Crippen LogP contribution in [0.2, 0.25) is 18.1 Å². The lowest BCUT2D eigenvalue weighted by molar-refractivity contribution is -0.167. The number of ketones is 1. The van der Waals surface area contributed by atoms with E-state index in [2.05, 4.69) is 66.8 Å². The molecule has 2 aliphatic carbocycles. The molecular formula is C22H38O3Si. The molecule has 0 aromatic rings. The van der Waals surface area contributed by atoms with E-state index >= 15 is 0 Å². The highest BCUT2D eigenvalue weighted by Gasteiger charge is 2.55. The Labute approximate surface area is 161 Å². The summed E-state index contributed by atoms with van der Waals surface area (Å²) in [6.07, 6.45) is 6.06. The Morgan fingerprint density at radius 3 is 2.50 bits per heavy atom. The second-order valence-corrected chi connectivity index (χ2v) is 15.0. The lowest BCUT2D eigenvalue weighted by Gasteiger charge is -2.55. The van der Waals surface area contributed by atoms with Gasteiger partial charge >= 0.3 is 0 Å². The van der Waals surface area contributed by atoms with Gasteiger partial charge in [0.25, 0.3) is 0 Å². The second-order valence-electron chi connectivity index (χ2n) is 10.4. The third-order valence-corrected chi connectivity index (χ3v) is 12.8. The zero-order valence-electron chi connectivity index (χ0n) is 17.9. The minimum Gasteiger partial charge on any atom is -0.413 e. The average molecular weight is 379 g/mol. The van der Waals surface area contributed by atoms with E-state index in [9.17, 15) is 4.79 Å². The molecule has 0 aromatic heterocycles. The van der Waals surface area contributed by atoms with Crippen LogP contribution in [0.15, 0.2) is 12.2 Å². The van der Waals surface area contributed by atoms with Crippen LogP contribution in [-0.4, -0.2) is 32.9 Å². The lowest BCUT2D eigenvalue weighted by atomic mass is 9.59. The maximum atomic E-state index is 12.6. The van der Waals surface area contributed by atoms with E-state index in [1.807, 2.05) is 0 Å². The Morgan fingerprint density at radius 2 is 1.88 bits per heavy atom. The van der Waals surface area contributed by atoms with Crippen molar-refractivity contribution in [2.75, 3.05) is 6.61 Å². The Morgan fingerprint density at radius 1 is 1.23 bits per heavy atom. The first kappa shape index (κ1) is 20.3. The van der Waals surface area contributed by atoms with E-state index < -0.39 is 8.32 Å². The molecule has 0 spiro atoms. The van der Waals surface area contributed by atoms with Crippen LogP contribution in [0.25, 0.3) is 0 Å². The van der Waals surface area contributed by atoms with Gasteiger partial charge in [0.15, 0.2) is 14.1 Å². The fourth-order valence-corrected chi connectivity index (χ4v) is 8.10. The van der Waals surface area contributed by atoms with Crippen molar-refractivity contribution in [2.45, 2.75) is 78.3 Å². The average Bonchev–Trinajstić information content (AvgIpc) is 2.54. The minimum absolute atomic E-state index is 0.116. The van der Waals surface area contributed by atoms with Crippen molar-refractivity contribution in [1.29, 1.82) is 0 Å². The number of Topliss-reactive ketones (excluding diaryl/α,β-unsaturated/α-hetero) is 1. The van der Waals surface area contributed by atoms with Gasteiger partial charge < -0.3 is 9.16 Å². The molecule has 0 bridgehead atoms. The molecule has 0 aromatic carbocycles. The molecule has 0 N–H and O–H groups in total. The molecule has 0 unspecified atom stereocenters. The highest BCUT2D eigenvalue weighted by Crippen LogP contribution is 2.52. The van der Waals surface area contributed by atoms with Gasteiger partial charge in [-0.05, 0) is 42.3 Å². The summed E-state index contributed by atoms with van der Waals surface area (Å²) in [7, 11) is -1.93. The summed E-state index contributed by atoms with van der Waals surface area (Å²) in [4.78, 5) is 12.6. The zero-order chi connectivity index (χ0) is 19.4. The largest absolute Gasteiger partial charge is 0.413 e. The van der Waals surface area contributed by atoms with Crippen LogP contribution >= 0.6 is 0 Å². The summed E-state index contributed by atoms with van der Waals surface area (Å²) in [5.41, 5.74) is 0. The SMILES string of the molecule is CC(C)C(C)(C)[Si](C)(C)O[C@H]1[C@H]2C=C[C@@H](C)[C@@H]3C(=O)CO[C@H](C[C@@H]1C)[C@H]23. The molecule has 0 radical (unpaired) electrons. The summed E-state index contributed by atoms with van der Waals surface area (Å²) in [5.74, 6) is 2.38. The van der Waals surface area contributed by atoms with Gasteiger partial charge in [-0.25, -0.2) is 0 Å². The Kier molecular flexibility index (Phi) is 5.35. The molecule has 2 fully saturated rings. The van der Waals surface area contributed by atoms with Crippen molar-refractivity contribution >= 4 is 14.1 Å². The molecule has 4 heteroatoms. The number of carbonyl (C=O) groups excluding carboxylic acids is 1. The predicted octanol–water partition coefficient (Wildman–Crippen LogP) is 5.08. The number of carbonyl (C=O) groups is 1. The first-order valence-electron chi connectivity index (χ1n) is 10.5. The van der Waals surface area contributed by atoms with Crippen molar-refractivity contribution in [1.82, 2.24) is 0 Å². The van der Waals surface area contributed by atoms with Crippen molar-refractivity contribution in [3.05, 3.63) is 12.2 Å². The highest BCUT2D eigenvalue weighted by atomic mass is 28.4. The third kappa shape index (κ3) is 3.16. The normalized spacial score (nSPS) is 40.7. The standard InChI is InChI=1S/C22H38O3Si/c1-13(2)22(5,6)26(7,8)25-21-15(4)11-18-20-16(21)10-9-14(3)19(20)17(23)12-24-18/h9-10,13-16,18-21H,11-12H2,1-8H3/t14-,15+,16+,18-,19-,20+,21-/m1/s1. The molecule has 148 valence electrons.